The third-order valence-corrected chi connectivity index (χ3v) is 6.43. The molecule has 0 saturated carbocycles. The number of benzene rings is 1. The summed E-state index contributed by atoms with van der Waals surface area (Å²) in [6.45, 7) is 0.233. The van der Waals surface area contributed by atoms with Gasteiger partial charge in [-0.1, -0.05) is 11.6 Å². The smallest absolute Gasteiger partial charge is 0.250 e. The van der Waals surface area contributed by atoms with Gasteiger partial charge >= 0.3 is 0 Å². The zero-order valence-corrected chi connectivity index (χ0v) is 15.8. The Morgan fingerprint density at radius 2 is 1.71 bits per heavy atom. The number of nitrogens with one attached hydrogen (secondary N) is 1. The molecule has 0 saturated heterocycles. The Kier molecular flexibility index (Phi) is 6.34. The van der Waals surface area contributed by atoms with E-state index in [-0.39, 0.29) is 10.8 Å². The summed E-state index contributed by atoms with van der Waals surface area (Å²) in [6.07, 6.45) is 0.467. The van der Waals surface area contributed by atoms with Crippen LogP contribution in [0.3, 0.4) is 0 Å². The molecular weight excluding hydrogens is 374 g/mol. The second-order valence-electron chi connectivity index (χ2n) is 4.74. The van der Waals surface area contributed by atoms with Crippen molar-refractivity contribution in [1.82, 2.24) is 4.72 Å². The van der Waals surface area contributed by atoms with Gasteiger partial charge in [0.15, 0.2) is 11.5 Å². The summed E-state index contributed by atoms with van der Waals surface area (Å²) in [4.78, 5) is 0. The molecule has 1 aromatic heterocycles. The molecule has 1 heterocycles. The second kappa shape index (κ2) is 8.06. The van der Waals surface area contributed by atoms with E-state index in [2.05, 4.69) is 4.72 Å². The van der Waals surface area contributed by atoms with Gasteiger partial charge in [-0.25, -0.2) is 13.1 Å². The van der Waals surface area contributed by atoms with Crippen LogP contribution in [0.1, 0.15) is 5.56 Å². The Hall–Kier alpha value is -1.48. The van der Waals surface area contributed by atoms with Crippen LogP contribution in [0.4, 0.5) is 0 Å². The summed E-state index contributed by atoms with van der Waals surface area (Å²) in [5.74, 6) is 1.55. The average Bonchev–Trinajstić information content (AvgIpc) is 3.01. The lowest BCUT2D eigenvalue weighted by molar-refractivity contribution is 0.324. The van der Waals surface area contributed by atoms with Gasteiger partial charge in [0, 0.05) is 6.54 Å². The van der Waals surface area contributed by atoms with Crippen LogP contribution in [0.15, 0.2) is 28.5 Å². The number of hydrogen-bond donors (Lipinski definition) is 1. The monoisotopic (exact) mass is 391 g/mol. The number of methoxy groups -OCH3 is 3. The summed E-state index contributed by atoms with van der Waals surface area (Å²) < 4.78 is 43.3. The predicted octanol–water partition coefficient (Wildman–Crippen LogP) is 2.95. The number of sulfonamides is 1. The third-order valence-electron chi connectivity index (χ3n) is 3.24. The van der Waals surface area contributed by atoms with E-state index in [9.17, 15) is 8.42 Å². The molecule has 1 aromatic carbocycles. The Balaban J connectivity index is 2.09. The fraction of sp³-hybridized carbons (Fsp3) is 0.333. The Bertz CT molecular complexity index is 779. The lowest BCUT2D eigenvalue weighted by Crippen LogP contribution is -2.25. The van der Waals surface area contributed by atoms with E-state index < -0.39 is 10.0 Å². The highest BCUT2D eigenvalue weighted by Crippen LogP contribution is 2.38. The molecular formula is C15H18ClNO5S2. The molecule has 0 amide bonds. The van der Waals surface area contributed by atoms with Crippen LogP contribution in [0.5, 0.6) is 17.2 Å². The molecule has 0 aliphatic heterocycles. The van der Waals surface area contributed by atoms with Crippen molar-refractivity contribution in [3.05, 3.63) is 34.2 Å². The maximum Gasteiger partial charge on any atom is 0.250 e. The van der Waals surface area contributed by atoms with Crippen molar-refractivity contribution in [1.29, 1.82) is 0 Å². The van der Waals surface area contributed by atoms with E-state index in [1.165, 1.54) is 27.4 Å². The fourth-order valence-corrected chi connectivity index (χ4v) is 4.68. The Morgan fingerprint density at radius 3 is 2.17 bits per heavy atom. The van der Waals surface area contributed by atoms with Gasteiger partial charge in [-0.15, -0.1) is 11.3 Å². The minimum atomic E-state index is -3.56. The van der Waals surface area contributed by atoms with E-state index in [4.69, 9.17) is 25.8 Å². The zero-order valence-electron chi connectivity index (χ0n) is 13.5. The molecule has 9 heteroatoms. The highest BCUT2D eigenvalue weighted by molar-refractivity contribution is 7.91. The van der Waals surface area contributed by atoms with E-state index in [1.54, 1.807) is 18.2 Å². The maximum absolute atomic E-state index is 12.2. The fourth-order valence-electron chi connectivity index (χ4n) is 2.12. The number of ether oxygens (including phenoxy) is 3. The standard InChI is InChI=1S/C15H18ClNO5S2/c1-20-11-8-10(9-12(21-2)15(11)22-3)6-7-17-24(18,19)14-5-4-13(16)23-14/h4-5,8-9,17H,6-7H2,1-3H3. The largest absolute Gasteiger partial charge is 0.493 e. The van der Waals surface area contributed by atoms with E-state index in [1.807, 2.05) is 0 Å². The Morgan fingerprint density at radius 1 is 1.08 bits per heavy atom. The minimum Gasteiger partial charge on any atom is -0.493 e. The number of halogens is 1. The van der Waals surface area contributed by atoms with Gasteiger partial charge in [0.05, 0.1) is 25.7 Å². The molecule has 132 valence electrons. The van der Waals surface area contributed by atoms with Gasteiger partial charge in [0.25, 0.3) is 0 Å². The maximum atomic E-state index is 12.2. The molecule has 0 spiro atoms. The van der Waals surface area contributed by atoms with Gasteiger partial charge in [0.1, 0.15) is 4.21 Å². The zero-order chi connectivity index (χ0) is 17.7. The van der Waals surface area contributed by atoms with Gasteiger partial charge in [0.2, 0.25) is 15.8 Å². The normalized spacial score (nSPS) is 11.3. The van der Waals surface area contributed by atoms with E-state index in [0.29, 0.717) is 28.0 Å². The van der Waals surface area contributed by atoms with Crippen LogP contribution < -0.4 is 18.9 Å². The average molecular weight is 392 g/mol. The van der Waals surface area contributed by atoms with Crippen molar-refractivity contribution in [3.8, 4) is 17.2 Å². The predicted molar refractivity (Wildman–Crippen MR) is 94.3 cm³/mol. The molecule has 24 heavy (non-hydrogen) atoms. The molecule has 0 aliphatic rings. The highest BCUT2D eigenvalue weighted by atomic mass is 35.5. The van der Waals surface area contributed by atoms with Gasteiger partial charge in [-0.3, -0.25) is 0 Å². The quantitative estimate of drug-likeness (QED) is 0.748. The summed E-state index contributed by atoms with van der Waals surface area (Å²) in [6, 6.07) is 6.62. The molecule has 0 unspecified atom stereocenters. The molecule has 0 bridgehead atoms. The van der Waals surface area contributed by atoms with Crippen LogP contribution in [0.2, 0.25) is 4.34 Å². The first-order valence-corrected chi connectivity index (χ1v) is 9.63. The van der Waals surface area contributed by atoms with Crippen molar-refractivity contribution in [2.75, 3.05) is 27.9 Å². The summed E-state index contributed by atoms with van der Waals surface area (Å²) in [7, 11) is 1.04. The Labute approximate surface area is 150 Å². The van der Waals surface area contributed by atoms with Crippen LogP contribution in [0.25, 0.3) is 0 Å². The van der Waals surface area contributed by atoms with Crippen LogP contribution in [-0.4, -0.2) is 36.3 Å². The van der Waals surface area contributed by atoms with Crippen molar-refractivity contribution in [3.63, 3.8) is 0 Å². The van der Waals surface area contributed by atoms with Crippen LogP contribution >= 0.6 is 22.9 Å². The van der Waals surface area contributed by atoms with Gasteiger partial charge in [-0.05, 0) is 36.2 Å². The van der Waals surface area contributed by atoms with Gasteiger partial charge < -0.3 is 14.2 Å². The second-order valence-corrected chi connectivity index (χ2v) is 8.45. The van der Waals surface area contributed by atoms with Crippen LogP contribution in [0, 0.1) is 0 Å². The summed E-state index contributed by atoms with van der Waals surface area (Å²) >= 11 is 6.79. The first-order valence-electron chi connectivity index (χ1n) is 6.95. The molecule has 2 rings (SSSR count). The minimum absolute atomic E-state index is 0.192. The first-order chi connectivity index (χ1) is 11.4. The first kappa shape index (κ1) is 18.9. The lowest BCUT2D eigenvalue weighted by Gasteiger charge is -2.14. The highest BCUT2D eigenvalue weighted by Gasteiger charge is 2.17. The topological polar surface area (TPSA) is 73.9 Å². The molecule has 0 aliphatic carbocycles. The molecule has 2 aromatic rings. The van der Waals surface area contributed by atoms with E-state index in [0.717, 1.165) is 16.9 Å². The summed E-state index contributed by atoms with van der Waals surface area (Å²) in [5, 5.41) is 0. The van der Waals surface area contributed by atoms with Gasteiger partial charge in [-0.2, -0.15) is 0 Å². The van der Waals surface area contributed by atoms with Crippen LogP contribution in [-0.2, 0) is 16.4 Å². The lowest BCUT2D eigenvalue weighted by atomic mass is 10.1. The van der Waals surface area contributed by atoms with E-state index >= 15 is 0 Å². The number of hydrogen-bond acceptors (Lipinski definition) is 6. The third kappa shape index (κ3) is 4.32. The van der Waals surface area contributed by atoms with Crippen molar-refractivity contribution in [2.24, 2.45) is 0 Å². The van der Waals surface area contributed by atoms with Crippen molar-refractivity contribution >= 4 is 33.0 Å². The number of rotatable bonds is 8. The number of thiophene rings is 1. The summed E-state index contributed by atoms with van der Waals surface area (Å²) in [5.41, 5.74) is 0.858. The molecule has 0 atom stereocenters. The van der Waals surface area contributed by atoms with Crippen molar-refractivity contribution in [2.45, 2.75) is 10.6 Å². The molecule has 0 radical (unpaired) electrons. The molecule has 0 fully saturated rings. The molecule has 6 nitrogen and oxygen atoms in total. The SMILES string of the molecule is COc1cc(CCNS(=O)(=O)c2ccc(Cl)s2)cc(OC)c1OC. The molecule has 1 N–H and O–H groups in total. The van der Waals surface area contributed by atoms with Crippen molar-refractivity contribution < 1.29 is 22.6 Å².